The van der Waals surface area contributed by atoms with Crippen LogP contribution in [0.3, 0.4) is 0 Å². The highest BCUT2D eigenvalue weighted by Crippen LogP contribution is 2.33. The van der Waals surface area contributed by atoms with E-state index in [0.717, 1.165) is 5.69 Å². The maximum atomic E-state index is 12.3. The van der Waals surface area contributed by atoms with Gasteiger partial charge in [0.05, 0.1) is 11.4 Å². The highest BCUT2D eigenvalue weighted by atomic mass is 19.4. The molecule has 0 radical (unpaired) electrons. The summed E-state index contributed by atoms with van der Waals surface area (Å²) in [6.07, 6.45) is -4.70. The Bertz CT molecular complexity index is 437. The van der Waals surface area contributed by atoms with Crippen molar-refractivity contribution in [1.29, 1.82) is 0 Å². The molecule has 3 N–H and O–H groups in total. The van der Waals surface area contributed by atoms with Crippen molar-refractivity contribution in [1.82, 2.24) is 0 Å². The zero-order chi connectivity index (χ0) is 15.3. The average Bonchev–Trinajstić information content (AvgIpc) is 2.37. The van der Waals surface area contributed by atoms with E-state index in [1.54, 1.807) is 13.1 Å². The van der Waals surface area contributed by atoms with Crippen LogP contribution in [0.25, 0.3) is 0 Å². The molecule has 114 valence electrons. The van der Waals surface area contributed by atoms with E-state index < -0.39 is 6.36 Å². The number of nitrogens with one attached hydrogen (secondary N) is 1. The smallest absolute Gasteiger partial charge is 0.406 e. The fourth-order valence-corrected chi connectivity index (χ4v) is 2.00. The third-order valence-corrected chi connectivity index (χ3v) is 3.00. The first kappa shape index (κ1) is 16.4. The Morgan fingerprint density at radius 1 is 1.40 bits per heavy atom. The Morgan fingerprint density at radius 3 is 2.50 bits per heavy atom. The Labute approximate surface area is 116 Å². The predicted molar refractivity (Wildman–Crippen MR) is 74.2 cm³/mol. The molecule has 0 amide bonds. The Balaban J connectivity index is 3.16. The van der Waals surface area contributed by atoms with Gasteiger partial charge >= 0.3 is 6.36 Å². The lowest BCUT2D eigenvalue weighted by molar-refractivity contribution is -0.274. The second-order valence-corrected chi connectivity index (χ2v) is 4.35. The van der Waals surface area contributed by atoms with Crippen LogP contribution in [0.1, 0.15) is 13.8 Å². The second-order valence-electron chi connectivity index (χ2n) is 4.35. The molecular formula is C13H20F3N3O. The van der Waals surface area contributed by atoms with Gasteiger partial charge in [0.15, 0.2) is 0 Å². The molecule has 0 spiro atoms. The third-order valence-electron chi connectivity index (χ3n) is 3.00. The third kappa shape index (κ3) is 4.19. The van der Waals surface area contributed by atoms with Crippen molar-refractivity contribution < 1.29 is 17.9 Å². The lowest BCUT2D eigenvalue weighted by atomic mass is 10.2. The summed E-state index contributed by atoms with van der Waals surface area (Å²) in [4.78, 5) is 1.93. The van der Waals surface area contributed by atoms with Crippen molar-refractivity contribution in [2.24, 2.45) is 5.73 Å². The fraction of sp³-hybridized carbons (Fsp3) is 0.538. The number of halogens is 3. The lowest BCUT2D eigenvalue weighted by Crippen LogP contribution is -2.38. The summed E-state index contributed by atoms with van der Waals surface area (Å²) in [5, 5.41) is 2.96. The van der Waals surface area contributed by atoms with Crippen molar-refractivity contribution in [3.05, 3.63) is 18.2 Å². The number of nitrogens with two attached hydrogens (primary N) is 1. The standard InChI is InChI=1S/C13H20F3N3O/c1-4-19(9(2)8-17)12-7-10(20-13(14,15)16)5-6-11(12)18-3/h5-7,9,18H,4,8,17H2,1-3H3. The van der Waals surface area contributed by atoms with E-state index >= 15 is 0 Å². The first-order chi connectivity index (χ1) is 9.32. The van der Waals surface area contributed by atoms with Crippen LogP contribution in [0, 0.1) is 0 Å². The molecule has 1 aromatic rings. The summed E-state index contributed by atoms with van der Waals surface area (Å²) in [6.45, 7) is 4.87. The summed E-state index contributed by atoms with van der Waals surface area (Å²) >= 11 is 0. The molecule has 0 aromatic heterocycles. The van der Waals surface area contributed by atoms with Gasteiger partial charge in [0.1, 0.15) is 5.75 Å². The normalized spacial score (nSPS) is 12.9. The Morgan fingerprint density at radius 2 is 2.05 bits per heavy atom. The number of rotatable bonds is 6. The van der Waals surface area contributed by atoms with E-state index in [1.807, 2.05) is 18.7 Å². The van der Waals surface area contributed by atoms with Gasteiger partial charge < -0.3 is 20.7 Å². The summed E-state index contributed by atoms with van der Waals surface area (Å²) in [7, 11) is 1.71. The van der Waals surface area contributed by atoms with Gasteiger partial charge in [0.25, 0.3) is 0 Å². The van der Waals surface area contributed by atoms with Crippen molar-refractivity contribution in [2.45, 2.75) is 26.3 Å². The first-order valence-corrected chi connectivity index (χ1v) is 6.36. The average molecular weight is 291 g/mol. The van der Waals surface area contributed by atoms with Crippen molar-refractivity contribution in [3.8, 4) is 5.75 Å². The monoisotopic (exact) mass is 291 g/mol. The molecule has 1 aromatic carbocycles. The number of ether oxygens (including phenoxy) is 1. The minimum Gasteiger partial charge on any atom is -0.406 e. The lowest BCUT2D eigenvalue weighted by Gasteiger charge is -2.31. The van der Waals surface area contributed by atoms with Crippen LogP contribution in [0.4, 0.5) is 24.5 Å². The van der Waals surface area contributed by atoms with Gasteiger partial charge in [-0.3, -0.25) is 0 Å². The fourth-order valence-electron chi connectivity index (χ4n) is 2.00. The van der Waals surface area contributed by atoms with E-state index in [1.165, 1.54) is 12.1 Å². The van der Waals surface area contributed by atoms with E-state index in [9.17, 15) is 13.2 Å². The zero-order valence-electron chi connectivity index (χ0n) is 11.8. The molecule has 0 saturated carbocycles. The summed E-state index contributed by atoms with van der Waals surface area (Å²) in [6, 6.07) is 4.22. The van der Waals surface area contributed by atoms with Gasteiger partial charge in [-0.05, 0) is 26.0 Å². The van der Waals surface area contributed by atoms with Crippen LogP contribution in [-0.2, 0) is 0 Å². The molecule has 0 heterocycles. The van der Waals surface area contributed by atoms with Crippen LogP contribution in [-0.4, -0.2) is 32.5 Å². The number of hydrogen-bond acceptors (Lipinski definition) is 4. The molecule has 1 rings (SSSR count). The first-order valence-electron chi connectivity index (χ1n) is 6.36. The molecule has 0 bridgehead atoms. The van der Waals surface area contributed by atoms with Crippen molar-refractivity contribution in [2.75, 3.05) is 30.4 Å². The van der Waals surface area contributed by atoms with Gasteiger partial charge in [0, 0.05) is 32.2 Å². The largest absolute Gasteiger partial charge is 0.573 e. The van der Waals surface area contributed by atoms with Gasteiger partial charge in [-0.2, -0.15) is 0 Å². The summed E-state index contributed by atoms with van der Waals surface area (Å²) < 4.78 is 40.8. The predicted octanol–water partition coefficient (Wildman–Crippen LogP) is 2.80. The Kier molecular flexibility index (Phi) is 5.50. The summed E-state index contributed by atoms with van der Waals surface area (Å²) in [5.74, 6) is -0.242. The molecule has 20 heavy (non-hydrogen) atoms. The molecule has 1 atom stereocenters. The van der Waals surface area contributed by atoms with Gasteiger partial charge in [0.2, 0.25) is 0 Å². The molecule has 0 aliphatic rings. The molecule has 7 heteroatoms. The highest BCUT2D eigenvalue weighted by molar-refractivity contribution is 5.72. The van der Waals surface area contributed by atoms with Crippen molar-refractivity contribution in [3.63, 3.8) is 0 Å². The summed E-state index contributed by atoms with van der Waals surface area (Å²) in [5.41, 5.74) is 7.00. The van der Waals surface area contributed by atoms with Crippen molar-refractivity contribution >= 4 is 11.4 Å². The minimum atomic E-state index is -4.70. The van der Waals surface area contributed by atoms with E-state index in [4.69, 9.17) is 5.73 Å². The molecule has 0 saturated heterocycles. The number of anilines is 2. The number of nitrogens with zero attached hydrogens (tertiary/aromatic N) is 1. The molecule has 4 nitrogen and oxygen atoms in total. The van der Waals surface area contributed by atoms with E-state index in [-0.39, 0.29) is 11.8 Å². The number of likely N-dealkylation sites (N-methyl/N-ethyl adjacent to an activating group) is 1. The molecule has 0 aliphatic heterocycles. The molecular weight excluding hydrogens is 271 g/mol. The van der Waals surface area contributed by atoms with Crippen LogP contribution >= 0.6 is 0 Å². The van der Waals surface area contributed by atoms with Gasteiger partial charge in [-0.25, -0.2) is 0 Å². The van der Waals surface area contributed by atoms with Crippen LogP contribution in [0.15, 0.2) is 18.2 Å². The number of alkyl halides is 3. The molecule has 0 aliphatic carbocycles. The van der Waals surface area contributed by atoms with Gasteiger partial charge in [-0.15, -0.1) is 13.2 Å². The maximum Gasteiger partial charge on any atom is 0.573 e. The van der Waals surface area contributed by atoms with E-state index in [0.29, 0.717) is 18.8 Å². The van der Waals surface area contributed by atoms with Crippen LogP contribution in [0.2, 0.25) is 0 Å². The SMILES string of the molecule is CCN(c1cc(OC(F)(F)F)ccc1NC)C(C)CN. The highest BCUT2D eigenvalue weighted by Gasteiger charge is 2.31. The zero-order valence-corrected chi connectivity index (χ0v) is 11.8. The topological polar surface area (TPSA) is 50.5 Å². The Hall–Kier alpha value is -1.63. The molecule has 0 fully saturated rings. The quantitative estimate of drug-likeness (QED) is 0.846. The molecule has 1 unspecified atom stereocenters. The van der Waals surface area contributed by atoms with Gasteiger partial charge in [-0.1, -0.05) is 0 Å². The number of hydrogen-bond donors (Lipinski definition) is 2. The minimum absolute atomic E-state index is 0.00763. The number of benzene rings is 1. The van der Waals surface area contributed by atoms with E-state index in [2.05, 4.69) is 10.1 Å². The van der Waals surface area contributed by atoms with Crippen LogP contribution in [0.5, 0.6) is 5.75 Å². The maximum absolute atomic E-state index is 12.3. The second kappa shape index (κ2) is 6.69. The van der Waals surface area contributed by atoms with Crippen LogP contribution < -0.4 is 20.7 Å².